The van der Waals surface area contributed by atoms with Crippen LogP contribution in [0.2, 0.25) is 0 Å². The van der Waals surface area contributed by atoms with Gasteiger partial charge in [0.15, 0.2) is 6.29 Å². The molecule has 3 rings (SSSR count). The molecule has 8 nitrogen and oxygen atoms in total. The molecule has 2 saturated carbocycles. The molecule has 3 aliphatic rings. The molecular formula is C20H36O8. The van der Waals surface area contributed by atoms with Crippen LogP contribution in [0.25, 0.3) is 0 Å². The van der Waals surface area contributed by atoms with E-state index in [4.69, 9.17) is 9.47 Å². The summed E-state index contributed by atoms with van der Waals surface area (Å²) in [6.07, 6.45) is -3.96. The van der Waals surface area contributed by atoms with Crippen LogP contribution in [0.5, 0.6) is 0 Å². The summed E-state index contributed by atoms with van der Waals surface area (Å²) in [6, 6.07) is 0. The van der Waals surface area contributed by atoms with Gasteiger partial charge < -0.3 is 40.1 Å². The summed E-state index contributed by atoms with van der Waals surface area (Å²) in [5.74, 6) is 0.0190. The molecule has 1 aliphatic heterocycles. The Morgan fingerprint density at radius 2 is 1.68 bits per heavy atom. The molecule has 6 N–H and O–H groups in total. The Balaban J connectivity index is 1.71. The van der Waals surface area contributed by atoms with Crippen LogP contribution in [-0.4, -0.2) is 85.8 Å². The quantitative estimate of drug-likeness (QED) is 0.369. The molecule has 164 valence electrons. The van der Waals surface area contributed by atoms with E-state index in [0.29, 0.717) is 19.3 Å². The van der Waals surface area contributed by atoms with Gasteiger partial charge in [0.05, 0.1) is 24.4 Å². The summed E-state index contributed by atoms with van der Waals surface area (Å²) in [6.45, 7) is 5.31. The summed E-state index contributed by atoms with van der Waals surface area (Å²) in [4.78, 5) is 0. The summed E-state index contributed by atoms with van der Waals surface area (Å²) < 4.78 is 11.6. The van der Waals surface area contributed by atoms with Gasteiger partial charge in [0.25, 0.3) is 0 Å². The molecule has 1 saturated heterocycles. The molecule has 2 aliphatic carbocycles. The lowest BCUT2D eigenvalue weighted by Crippen LogP contribution is -2.61. The van der Waals surface area contributed by atoms with E-state index in [-0.39, 0.29) is 17.3 Å². The van der Waals surface area contributed by atoms with Gasteiger partial charge in [-0.05, 0) is 63.2 Å². The lowest BCUT2D eigenvalue weighted by atomic mass is 9.54. The number of rotatable bonds is 4. The first-order valence-electron chi connectivity index (χ1n) is 10.4. The lowest BCUT2D eigenvalue weighted by molar-refractivity contribution is -0.331. The third kappa shape index (κ3) is 3.86. The number of aliphatic hydroxyl groups excluding tert-OH is 6. The molecule has 0 radical (unpaired) electrons. The zero-order valence-electron chi connectivity index (χ0n) is 16.9. The van der Waals surface area contributed by atoms with Gasteiger partial charge in [0.2, 0.25) is 0 Å². The summed E-state index contributed by atoms with van der Waals surface area (Å²) in [5.41, 5.74) is -1.05. The molecule has 28 heavy (non-hydrogen) atoms. The fourth-order valence-electron chi connectivity index (χ4n) is 5.43. The van der Waals surface area contributed by atoms with Gasteiger partial charge in [-0.2, -0.15) is 0 Å². The molecule has 0 aromatic heterocycles. The van der Waals surface area contributed by atoms with E-state index >= 15 is 0 Å². The van der Waals surface area contributed by atoms with Gasteiger partial charge >= 0.3 is 0 Å². The van der Waals surface area contributed by atoms with Gasteiger partial charge in [-0.15, -0.1) is 0 Å². The second kappa shape index (κ2) is 8.07. The van der Waals surface area contributed by atoms with E-state index in [2.05, 4.69) is 0 Å². The highest BCUT2D eigenvalue weighted by molar-refractivity contribution is 5.03. The van der Waals surface area contributed by atoms with Gasteiger partial charge in [-0.1, -0.05) is 6.92 Å². The van der Waals surface area contributed by atoms with Gasteiger partial charge in [0.1, 0.15) is 24.4 Å². The Hall–Kier alpha value is -0.320. The molecule has 0 unspecified atom stereocenters. The molecule has 0 spiro atoms. The van der Waals surface area contributed by atoms with Crippen LogP contribution < -0.4 is 0 Å². The smallest absolute Gasteiger partial charge is 0.187 e. The van der Waals surface area contributed by atoms with E-state index in [1.165, 1.54) is 0 Å². The molecule has 8 heteroatoms. The monoisotopic (exact) mass is 404 g/mol. The van der Waals surface area contributed by atoms with E-state index in [0.717, 1.165) is 12.8 Å². The SMILES string of the molecule is CC(C)(O[C@@H]1O[C@H](CO)[C@@H](O)[C@H](O)[C@H]1O)[C@@H]1CC[C@@]2(C)[C@H](O)CC[C@@H](O)[C@@H]2C1. The predicted octanol–water partition coefficient (Wildman–Crippen LogP) is -0.480. The zero-order chi connectivity index (χ0) is 20.9. The van der Waals surface area contributed by atoms with E-state index in [1.54, 1.807) is 0 Å². The molecule has 0 amide bonds. The van der Waals surface area contributed by atoms with Crippen molar-refractivity contribution in [2.45, 2.75) is 101 Å². The molecule has 10 atom stereocenters. The summed E-state index contributed by atoms with van der Waals surface area (Å²) >= 11 is 0. The van der Waals surface area contributed by atoms with Crippen LogP contribution in [0.15, 0.2) is 0 Å². The zero-order valence-corrected chi connectivity index (χ0v) is 16.9. The van der Waals surface area contributed by atoms with Crippen LogP contribution in [-0.2, 0) is 9.47 Å². The Bertz CT molecular complexity index is 540. The average molecular weight is 405 g/mol. The normalized spacial score (nSPS) is 50.2. The van der Waals surface area contributed by atoms with Crippen molar-refractivity contribution in [1.29, 1.82) is 0 Å². The van der Waals surface area contributed by atoms with Crippen molar-refractivity contribution in [1.82, 2.24) is 0 Å². The molecule has 0 bridgehead atoms. The van der Waals surface area contributed by atoms with E-state index in [9.17, 15) is 30.6 Å². The number of hydrogen-bond acceptors (Lipinski definition) is 8. The van der Waals surface area contributed by atoms with Crippen LogP contribution >= 0.6 is 0 Å². The Labute approximate surface area is 166 Å². The van der Waals surface area contributed by atoms with Crippen molar-refractivity contribution in [3.05, 3.63) is 0 Å². The fraction of sp³-hybridized carbons (Fsp3) is 1.00. The van der Waals surface area contributed by atoms with Crippen molar-refractivity contribution in [3.8, 4) is 0 Å². The van der Waals surface area contributed by atoms with Crippen LogP contribution in [0, 0.1) is 17.3 Å². The number of hydrogen-bond donors (Lipinski definition) is 6. The molecule has 0 aromatic rings. The highest BCUT2D eigenvalue weighted by Gasteiger charge is 2.54. The molecular weight excluding hydrogens is 368 g/mol. The fourth-order valence-corrected chi connectivity index (χ4v) is 5.43. The molecule has 1 heterocycles. The van der Waals surface area contributed by atoms with Crippen molar-refractivity contribution >= 4 is 0 Å². The van der Waals surface area contributed by atoms with Crippen LogP contribution in [0.4, 0.5) is 0 Å². The second-order valence-corrected chi connectivity index (χ2v) is 9.66. The maximum atomic E-state index is 10.6. The molecule has 0 aromatic carbocycles. The van der Waals surface area contributed by atoms with Crippen molar-refractivity contribution in [3.63, 3.8) is 0 Å². The lowest BCUT2D eigenvalue weighted by Gasteiger charge is -2.55. The standard InChI is InChI=1S/C20H36O8/c1-19(2,28-18-17(26)16(25)15(24)13(9-21)27-18)10-6-7-20(3)11(8-10)12(22)4-5-14(20)23/h10-18,21-26H,4-9H2,1-3H3/t10-,11+,12-,13-,14-,15-,16+,17-,18+,20-/m1/s1. The Morgan fingerprint density at radius 3 is 2.32 bits per heavy atom. The van der Waals surface area contributed by atoms with Crippen molar-refractivity contribution in [2.75, 3.05) is 6.61 Å². The van der Waals surface area contributed by atoms with Crippen molar-refractivity contribution in [2.24, 2.45) is 17.3 Å². The first-order chi connectivity index (χ1) is 13.0. The summed E-state index contributed by atoms with van der Waals surface area (Å²) in [5, 5.41) is 60.6. The van der Waals surface area contributed by atoms with E-state index in [1.807, 2.05) is 20.8 Å². The Morgan fingerprint density at radius 1 is 1.00 bits per heavy atom. The third-order valence-corrected chi connectivity index (χ3v) is 7.63. The average Bonchev–Trinajstić information content (AvgIpc) is 2.65. The van der Waals surface area contributed by atoms with Crippen LogP contribution in [0.1, 0.15) is 52.9 Å². The Kier molecular flexibility index (Phi) is 6.45. The minimum absolute atomic E-state index is 0.0346. The number of ether oxygens (including phenoxy) is 2. The van der Waals surface area contributed by atoms with Gasteiger partial charge in [0, 0.05) is 0 Å². The number of aliphatic hydroxyl groups is 6. The first kappa shape index (κ1) is 22.4. The predicted molar refractivity (Wildman–Crippen MR) is 99.1 cm³/mol. The highest BCUT2D eigenvalue weighted by atomic mass is 16.7. The van der Waals surface area contributed by atoms with Gasteiger partial charge in [-0.25, -0.2) is 0 Å². The maximum Gasteiger partial charge on any atom is 0.187 e. The topological polar surface area (TPSA) is 140 Å². The van der Waals surface area contributed by atoms with Gasteiger partial charge in [-0.3, -0.25) is 0 Å². The minimum atomic E-state index is -1.48. The van der Waals surface area contributed by atoms with Crippen molar-refractivity contribution < 1.29 is 40.1 Å². The largest absolute Gasteiger partial charge is 0.394 e. The first-order valence-corrected chi connectivity index (χ1v) is 10.4. The highest BCUT2D eigenvalue weighted by Crippen LogP contribution is 2.54. The van der Waals surface area contributed by atoms with Crippen LogP contribution in [0.3, 0.4) is 0 Å². The molecule has 3 fully saturated rings. The third-order valence-electron chi connectivity index (χ3n) is 7.63. The maximum absolute atomic E-state index is 10.6. The summed E-state index contributed by atoms with van der Waals surface area (Å²) in [7, 11) is 0. The minimum Gasteiger partial charge on any atom is -0.394 e. The second-order valence-electron chi connectivity index (χ2n) is 9.66. The number of fused-ring (bicyclic) bond motifs is 1. The van der Waals surface area contributed by atoms with E-state index < -0.39 is 55.1 Å².